The highest BCUT2D eigenvalue weighted by Gasteiger charge is 2.48. The predicted octanol–water partition coefficient (Wildman–Crippen LogP) is 2.03. The monoisotopic (exact) mass is 287 g/mol. The van der Waals surface area contributed by atoms with Crippen molar-refractivity contribution >= 4 is 28.8 Å². The number of hydrogen-bond donors (Lipinski definition) is 0. The highest BCUT2D eigenvalue weighted by Crippen LogP contribution is 2.32. The van der Waals surface area contributed by atoms with Gasteiger partial charge in [-0.2, -0.15) is 0 Å². The average Bonchev–Trinajstić information content (AvgIpc) is 3.01. The van der Waals surface area contributed by atoms with Crippen LogP contribution in [0.15, 0.2) is 24.3 Å². The zero-order chi connectivity index (χ0) is 14.2. The maximum atomic E-state index is 13.0. The van der Waals surface area contributed by atoms with Gasteiger partial charge in [0.05, 0.1) is 0 Å². The quantitative estimate of drug-likeness (QED) is 0.778. The van der Waals surface area contributed by atoms with E-state index in [1.165, 1.54) is 34.8 Å². The van der Waals surface area contributed by atoms with Crippen LogP contribution in [0.2, 0.25) is 0 Å². The lowest BCUT2D eigenvalue weighted by Gasteiger charge is -2.26. The third-order valence-corrected chi connectivity index (χ3v) is 7.86. The molecule has 20 heavy (non-hydrogen) atoms. The minimum Gasteiger partial charge on any atom is -0.293 e. The van der Waals surface area contributed by atoms with E-state index in [4.69, 9.17) is 0 Å². The summed E-state index contributed by atoms with van der Waals surface area (Å²) in [4.78, 5) is 13.0. The first-order valence-electron chi connectivity index (χ1n) is 7.58. The molecule has 0 radical (unpaired) electrons. The lowest BCUT2D eigenvalue weighted by atomic mass is 9.88. The van der Waals surface area contributed by atoms with E-state index in [-0.39, 0.29) is 21.6 Å². The number of carbonyl (C=O) groups is 1. The molecule has 1 nitrogen and oxygen atoms in total. The Kier molecular flexibility index (Phi) is 3.76. The van der Waals surface area contributed by atoms with E-state index in [9.17, 15) is 4.79 Å². The molecule has 1 saturated heterocycles. The molecule has 0 N–H and O–H groups in total. The molecule has 1 aliphatic carbocycles. The zero-order valence-corrected chi connectivity index (χ0v) is 13.2. The predicted molar refractivity (Wildman–Crippen MR) is 88.1 cm³/mol. The molecule has 2 heteroatoms. The third kappa shape index (κ3) is 2.46. The molecular weight excluding hydrogens is 264 g/mol. The lowest BCUT2D eigenvalue weighted by molar-refractivity contribution is -0.122. The number of carbonyl (C=O) groups excluding carboxylic acids is 1. The molecule has 2 aliphatic rings. The zero-order valence-electron chi connectivity index (χ0n) is 12.4. The fraction of sp³-hybridized carbons (Fsp3) is 0.500. The van der Waals surface area contributed by atoms with Gasteiger partial charge in [0.15, 0.2) is 10.5 Å². The van der Waals surface area contributed by atoms with E-state index in [0.29, 0.717) is 5.78 Å². The van der Waals surface area contributed by atoms with Crippen LogP contribution in [0, 0.1) is 5.92 Å². The van der Waals surface area contributed by atoms with Crippen molar-refractivity contribution in [1.29, 1.82) is 0 Å². The summed E-state index contributed by atoms with van der Waals surface area (Å²) < 4.78 is -0.141. The van der Waals surface area contributed by atoms with Crippen LogP contribution in [0.3, 0.4) is 0 Å². The van der Waals surface area contributed by atoms with E-state index in [2.05, 4.69) is 50.3 Å². The molecule has 1 unspecified atom stereocenters. The highest BCUT2D eigenvalue weighted by molar-refractivity contribution is 7.99. The van der Waals surface area contributed by atoms with Crippen LogP contribution in [-0.4, -0.2) is 22.0 Å². The van der Waals surface area contributed by atoms with Crippen LogP contribution < -0.4 is 10.4 Å². The van der Waals surface area contributed by atoms with Crippen molar-refractivity contribution in [2.45, 2.75) is 37.9 Å². The van der Waals surface area contributed by atoms with Gasteiger partial charge in [-0.15, -0.1) is 0 Å². The molecule has 0 saturated carbocycles. The van der Waals surface area contributed by atoms with E-state index in [1.807, 2.05) is 0 Å². The number of benzene rings is 1. The highest BCUT2D eigenvalue weighted by atomic mass is 32.2. The summed E-state index contributed by atoms with van der Waals surface area (Å²) in [6.45, 7) is 4.36. The molecule has 106 valence electrons. The fourth-order valence-corrected chi connectivity index (χ4v) is 6.09. The molecule has 1 aliphatic heterocycles. The van der Waals surface area contributed by atoms with Crippen LogP contribution in [0.5, 0.6) is 0 Å². The second-order valence-electron chi connectivity index (χ2n) is 6.32. The Bertz CT molecular complexity index is 623. The number of Topliss-reactive ketones (excluding diaryl/α,β-unsaturated/α-hetero) is 1. The van der Waals surface area contributed by atoms with Crippen LogP contribution in [0.25, 0.3) is 12.2 Å². The molecule has 0 spiro atoms. The van der Waals surface area contributed by atoms with Crippen molar-refractivity contribution in [2.24, 2.45) is 5.92 Å². The van der Waals surface area contributed by atoms with Gasteiger partial charge in [0.1, 0.15) is 11.5 Å². The van der Waals surface area contributed by atoms with Gasteiger partial charge < -0.3 is 0 Å². The standard InChI is InChI=1S/C18H23OS/c1-18(2,20-11-5-6-12-20)17(19)16-10-9-14-7-3-4-8-15(14)13-16/h3-4,7-9,13,16H,5-6,10-12H2,1-2H3/q+1. The maximum Gasteiger partial charge on any atom is 0.194 e. The van der Waals surface area contributed by atoms with Crippen LogP contribution in [0.1, 0.15) is 33.1 Å². The Morgan fingerprint density at radius 3 is 2.50 bits per heavy atom. The van der Waals surface area contributed by atoms with Gasteiger partial charge in [-0.05, 0) is 43.5 Å². The van der Waals surface area contributed by atoms with Crippen molar-refractivity contribution < 1.29 is 4.79 Å². The molecular formula is C18H23OS+. The SMILES string of the molecule is CC(C)(C(=O)C1C=c2ccccc2=CC1)[S+]1CCCC1. The van der Waals surface area contributed by atoms with Gasteiger partial charge in [-0.25, -0.2) is 0 Å². The first kappa shape index (κ1) is 13.9. The Labute approximate surface area is 124 Å². The van der Waals surface area contributed by atoms with Crippen molar-refractivity contribution in [3.05, 3.63) is 34.7 Å². The molecule has 1 atom stereocenters. The fourth-order valence-electron chi connectivity index (χ4n) is 3.32. The van der Waals surface area contributed by atoms with Crippen molar-refractivity contribution in [2.75, 3.05) is 11.5 Å². The van der Waals surface area contributed by atoms with Gasteiger partial charge >= 0.3 is 0 Å². The second kappa shape index (κ2) is 5.40. The van der Waals surface area contributed by atoms with Gasteiger partial charge in [-0.1, -0.05) is 36.4 Å². The lowest BCUT2D eigenvalue weighted by Crippen LogP contribution is -2.46. The summed E-state index contributed by atoms with van der Waals surface area (Å²) in [5.74, 6) is 3.04. The summed E-state index contributed by atoms with van der Waals surface area (Å²) >= 11 is 0. The Balaban J connectivity index is 1.87. The molecule has 0 amide bonds. The van der Waals surface area contributed by atoms with Gasteiger partial charge in [0.2, 0.25) is 0 Å². The molecule has 1 fully saturated rings. The van der Waals surface area contributed by atoms with Crippen LogP contribution in [-0.2, 0) is 15.7 Å². The molecule has 0 bridgehead atoms. The smallest absolute Gasteiger partial charge is 0.194 e. The summed E-state index contributed by atoms with van der Waals surface area (Å²) in [6, 6.07) is 8.38. The van der Waals surface area contributed by atoms with Gasteiger partial charge in [0, 0.05) is 16.8 Å². The molecule has 3 rings (SSSR count). The third-order valence-electron chi connectivity index (χ3n) is 4.65. The second-order valence-corrected chi connectivity index (χ2v) is 9.15. The first-order valence-corrected chi connectivity index (χ1v) is 9.14. The van der Waals surface area contributed by atoms with Crippen molar-refractivity contribution in [1.82, 2.24) is 0 Å². The summed E-state index contributed by atoms with van der Waals surface area (Å²) in [7, 11) is 0.289. The van der Waals surface area contributed by atoms with Crippen molar-refractivity contribution in [3.8, 4) is 0 Å². The average molecular weight is 287 g/mol. The number of hydrogen-bond acceptors (Lipinski definition) is 1. The van der Waals surface area contributed by atoms with Crippen LogP contribution in [0.4, 0.5) is 0 Å². The summed E-state index contributed by atoms with van der Waals surface area (Å²) in [5, 5.41) is 2.50. The van der Waals surface area contributed by atoms with Gasteiger partial charge in [0.25, 0.3) is 0 Å². The number of rotatable bonds is 3. The summed E-state index contributed by atoms with van der Waals surface area (Å²) in [6.07, 6.45) is 7.91. The van der Waals surface area contributed by atoms with Crippen molar-refractivity contribution in [3.63, 3.8) is 0 Å². The normalized spacial score (nSPS) is 22.8. The number of ketones is 1. The van der Waals surface area contributed by atoms with E-state index >= 15 is 0 Å². The Morgan fingerprint density at radius 2 is 1.80 bits per heavy atom. The topological polar surface area (TPSA) is 17.1 Å². The summed E-state index contributed by atoms with van der Waals surface area (Å²) in [5.41, 5.74) is 0. The van der Waals surface area contributed by atoms with Gasteiger partial charge in [-0.3, -0.25) is 4.79 Å². The van der Waals surface area contributed by atoms with E-state index in [1.54, 1.807) is 0 Å². The Hall–Kier alpha value is -1.02. The molecule has 1 aromatic carbocycles. The van der Waals surface area contributed by atoms with E-state index in [0.717, 1.165) is 6.42 Å². The maximum absolute atomic E-state index is 13.0. The Morgan fingerprint density at radius 1 is 1.15 bits per heavy atom. The van der Waals surface area contributed by atoms with Crippen LogP contribution >= 0.6 is 0 Å². The molecule has 0 aromatic heterocycles. The molecule has 1 aromatic rings. The minimum absolute atomic E-state index is 0.0769. The van der Waals surface area contributed by atoms with E-state index < -0.39 is 0 Å². The largest absolute Gasteiger partial charge is 0.293 e. The number of fused-ring (bicyclic) bond motifs is 1. The molecule has 1 heterocycles. The minimum atomic E-state index is -0.141. The first-order chi connectivity index (χ1) is 9.59.